The lowest BCUT2D eigenvalue weighted by atomic mass is 9.96. The highest BCUT2D eigenvalue weighted by Gasteiger charge is 2.49. The summed E-state index contributed by atoms with van der Waals surface area (Å²) in [7, 11) is 0. The van der Waals surface area contributed by atoms with Gasteiger partial charge in [0.2, 0.25) is 5.91 Å². The Bertz CT molecular complexity index is 799. The van der Waals surface area contributed by atoms with Gasteiger partial charge < -0.3 is 10.1 Å². The number of benzene rings is 1. The average Bonchev–Trinajstić information content (AvgIpc) is 3.36. The maximum absolute atomic E-state index is 12.5. The van der Waals surface area contributed by atoms with E-state index in [0.29, 0.717) is 6.54 Å². The Labute approximate surface area is 161 Å². The fourth-order valence-corrected chi connectivity index (χ4v) is 3.25. The number of nitrogens with zero attached hydrogens (tertiary/aromatic N) is 2. The number of halogens is 1. The molecule has 3 rings (SSSR count). The van der Waals surface area contributed by atoms with Crippen molar-refractivity contribution in [2.75, 3.05) is 0 Å². The van der Waals surface area contributed by atoms with Gasteiger partial charge in [0.05, 0.1) is 12.7 Å². The molecule has 0 unspecified atom stereocenters. The number of amides is 1. The molecule has 1 aliphatic carbocycles. The molecule has 2 aromatic rings. The molecule has 0 bridgehead atoms. The van der Waals surface area contributed by atoms with Crippen LogP contribution in [0.1, 0.15) is 37.8 Å². The highest BCUT2D eigenvalue weighted by Crippen LogP contribution is 2.40. The molecule has 1 aliphatic rings. The lowest BCUT2D eigenvalue weighted by Crippen LogP contribution is -2.54. The van der Waals surface area contributed by atoms with E-state index in [-0.39, 0.29) is 18.4 Å². The quantitative estimate of drug-likeness (QED) is 0.699. The second-order valence-corrected chi connectivity index (χ2v) is 7.82. The van der Waals surface area contributed by atoms with Crippen LogP contribution < -0.4 is 5.32 Å². The van der Waals surface area contributed by atoms with E-state index in [2.05, 4.69) is 26.3 Å². The van der Waals surface area contributed by atoms with Gasteiger partial charge in [-0.25, -0.2) is 4.79 Å². The SMILES string of the molecule is CC(=O)N[C@@](C)(C(=O)OCc1cnn(Cc2ccc(Br)cc2)c1)C1CC1. The highest BCUT2D eigenvalue weighted by molar-refractivity contribution is 9.10. The van der Waals surface area contributed by atoms with Gasteiger partial charge in [-0.1, -0.05) is 28.1 Å². The summed E-state index contributed by atoms with van der Waals surface area (Å²) in [6.45, 7) is 3.94. The molecule has 1 atom stereocenters. The Hall–Kier alpha value is -2.15. The summed E-state index contributed by atoms with van der Waals surface area (Å²) >= 11 is 3.42. The van der Waals surface area contributed by atoms with E-state index >= 15 is 0 Å². The summed E-state index contributed by atoms with van der Waals surface area (Å²) in [6.07, 6.45) is 5.41. The van der Waals surface area contributed by atoms with Crippen LogP contribution in [0.4, 0.5) is 0 Å². The van der Waals surface area contributed by atoms with Gasteiger partial charge in [-0.05, 0) is 43.4 Å². The minimum Gasteiger partial charge on any atom is -0.459 e. The predicted molar refractivity (Wildman–Crippen MR) is 100 cm³/mol. The number of hydrogen-bond acceptors (Lipinski definition) is 4. The van der Waals surface area contributed by atoms with E-state index in [0.717, 1.165) is 28.4 Å². The van der Waals surface area contributed by atoms with E-state index in [1.165, 1.54) is 6.92 Å². The summed E-state index contributed by atoms with van der Waals surface area (Å²) in [5, 5.41) is 7.07. The smallest absolute Gasteiger partial charge is 0.332 e. The maximum Gasteiger partial charge on any atom is 0.332 e. The molecule has 7 heteroatoms. The third-order valence-corrected chi connectivity index (χ3v) is 5.10. The molecule has 1 fully saturated rings. The maximum atomic E-state index is 12.5. The minimum absolute atomic E-state index is 0.140. The zero-order valence-corrected chi connectivity index (χ0v) is 16.5. The van der Waals surface area contributed by atoms with Gasteiger partial charge in [-0.3, -0.25) is 9.48 Å². The Kier molecular flexibility index (Phi) is 5.46. The normalized spacial score (nSPS) is 16.0. The number of rotatable bonds is 7. The first-order valence-corrected chi connectivity index (χ1v) is 9.38. The van der Waals surface area contributed by atoms with Crippen LogP contribution in [-0.4, -0.2) is 27.2 Å². The summed E-state index contributed by atoms with van der Waals surface area (Å²) in [6, 6.07) is 8.03. The molecule has 26 heavy (non-hydrogen) atoms. The summed E-state index contributed by atoms with van der Waals surface area (Å²) in [5.74, 6) is -0.464. The van der Waals surface area contributed by atoms with Crippen molar-refractivity contribution in [1.29, 1.82) is 0 Å². The average molecular weight is 420 g/mol. The molecule has 138 valence electrons. The lowest BCUT2D eigenvalue weighted by molar-refractivity contribution is -0.155. The van der Waals surface area contributed by atoms with Crippen LogP contribution in [0.15, 0.2) is 41.1 Å². The van der Waals surface area contributed by atoms with Crippen LogP contribution in [-0.2, 0) is 27.5 Å². The number of ether oxygens (including phenoxy) is 1. The molecule has 1 heterocycles. The predicted octanol–water partition coefficient (Wildman–Crippen LogP) is 3.04. The van der Waals surface area contributed by atoms with Crippen molar-refractivity contribution in [3.63, 3.8) is 0 Å². The van der Waals surface area contributed by atoms with Crippen molar-refractivity contribution < 1.29 is 14.3 Å². The number of carbonyl (C=O) groups is 2. The number of nitrogens with one attached hydrogen (secondary N) is 1. The van der Waals surface area contributed by atoms with Crippen molar-refractivity contribution in [2.24, 2.45) is 5.92 Å². The molecule has 0 spiro atoms. The summed E-state index contributed by atoms with van der Waals surface area (Å²) in [5.41, 5.74) is 1.00. The van der Waals surface area contributed by atoms with Crippen LogP contribution in [0.25, 0.3) is 0 Å². The van der Waals surface area contributed by atoms with Gasteiger partial charge >= 0.3 is 5.97 Å². The van der Waals surface area contributed by atoms with E-state index in [4.69, 9.17) is 4.74 Å². The van der Waals surface area contributed by atoms with Crippen LogP contribution >= 0.6 is 15.9 Å². The summed E-state index contributed by atoms with van der Waals surface area (Å²) < 4.78 is 8.30. The third-order valence-electron chi connectivity index (χ3n) is 4.57. The van der Waals surface area contributed by atoms with Crippen LogP contribution in [0.5, 0.6) is 0 Å². The third kappa shape index (κ3) is 4.52. The van der Waals surface area contributed by atoms with Crippen molar-refractivity contribution in [1.82, 2.24) is 15.1 Å². The molecular weight excluding hydrogens is 398 g/mol. The van der Waals surface area contributed by atoms with Crippen LogP contribution in [0.3, 0.4) is 0 Å². The molecule has 6 nitrogen and oxygen atoms in total. The van der Waals surface area contributed by atoms with E-state index < -0.39 is 11.5 Å². The Morgan fingerprint density at radius 2 is 2.00 bits per heavy atom. The molecule has 1 N–H and O–H groups in total. The van der Waals surface area contributed by atoms with Crippen molar-refractivity contribution in [2.45, 2.75) is 45.4 Å². The first-order valence-electron chi connectivity index (χ1n) is 8.58. The first kappa shape index (κ1) is 18.6. The minimum atomic E-state index is -0.945. The van der Waals surface area contributed by atoms with E-state index in [1.54, 1.807) is 17.8 Å². The number of carbonyl (C=O) groups excluding carboxylic acids is 2. The standard InChI is InChI=1S/C19H22BrN3O3/c1-13(24)22-19(2,16-5-6-16)18(25)26-12-15-9-21-23(11-15)10-14-3-7-17(20)8-4-14/h3-4,7-9,11,16H,5-6,10,12H2,1-2H3,(H,22,24)/t19-/m1/s1. The fraction of sp³-hybridized carbons (Fsp3) is 0.421. The van der Waals surface area contributed by atoms with Gasteiger partial charge in [0.25, 0.3) is 0 Å². The largest absolute Gasteiger partial charge is 0.459 e. The van der Waals surface area contributed by atoms with Gasteiger partial charge in [-0.15, -0.1) is 0 Å². The molecular formula is C19H22BrN3O3. The van der Waals surface area contributed by atoms with Gasteiger partial charge in [0.15, 0.2) is 0 Å². The lowest BCUT2D eigenvalue weighted by Gasteiger charge is -2.27. The number of aromatic nitrogens is 2. The Morgan fingerprint density at radius 1 is 1.31 bits per heavy atom. The van der Waals surface area contributed by atoms with Gasteiger partial charge in [-0.2, -0.15) is 5.10 Å². The molecule has 0 saturated heterocycles. The van der Waals surface area contributed by atoms with Gasteiger partial charge in [0, 0.05) is 23.2 Å². The van der Waals surface area contributed by atoms with Crippen LogP contribution in [0.2, 0.25) is 0 Å². The van der Waals surface area contributed by atoms with Crippen molar-refractivity contribution in [3.05, 3.63) is 52.3 Å². The Morgan fingerprint density at radius 3 is 2.62 bits per heavy atom. The monoisotopic (exact) mass is 419 g/mol. The van der Waals surface area contributed by atoms with E-state index in [1.807, 2.05) is 30.5 Å². The highest BCUT2D eigenvalue weighted by atomic mass is 79.9. The zero-order valence-electron chi connectivity index (χ0n) is 14.9. The summed E-state index contributed by atoms with van der Waals surface area (Å²) in [4.78, 5) is 23.9. The van der Waals surface area contributed by atoms with Crippen molar-refractivity contribution in [3.8, 4) is 0 Å². The first-order chi connectivity index (χ1) is 12.4. The van der Waals surface area contributed by atoms with Crippen LogP contribution in [0, 0.1) is 5.92 Å². The zero-order chi connectivity index (χ0) is 18.7. The second kappa shape index (κ2) is 7.61. The molecule has 0 aliphatic heterocycles. The molecule has 1 amide bonds. The number of hydrogen-bond donors (Lipinski definition) is 1. The van der Waals surface area contributed by atoms with Gasteiger partial charge in [0.1, 0.15) is 12.1 Å². The Balaban J connectivity index is 1.57. The topological polar surface area (TPSA) is 73.2 Å². The second-order valence-electron chi connectivity index (χ2n) is 6.91. The molecule has 0 radical (unpaired) electrons. The molecule has 1 aromatic carbocycles. The number of esters is 1. The van der Waals surface area contributed by atoms with E-state index in [9.17, 15) is 9.59 Å². The van der Waals surface area contributed by atoms with Crippen molar-refractivity contribution >= 4 is 27.8 Å². The fourth-order valence-electron chi connectivity index (χ4n) is 2.99. The molecule has 1 aromatic heterocycles. The molecule has 1 saturated carbocycles.